The average Bonchev–Trinajstić information content (AvgIpc) is 2.65. The third kappa shape index (κ3) is 12.7. The van der Waals surface area contributed by atoms with Crippen molar-refractivity contribution in [3.63, 3.8) is 0 Å². The zero-order valence-corrected chi connectivity index (χ0v) is 18.3. The molecule has 30 heavy (non-hydrogen) atoms. The van der Waals surface area contributed by atoms with Gasteiger partial charge in [-0.25, -0.2) is 4.79 Å². The SMILES string of the molecule is CC(=O)Oc1ccccc1C(=O)OCC[N+](C)(C)C.OC[C@@H](O)[C@H](O)[C@@H](O)CO.[Cl-]. The molecular weight excluding hydrogens is 422 g/mol. The molecule has 1 aromatic carbocycles. The number of rotatable bonds is 9. The highest BCUT2D eigenvalue weighted by atomic mass is 35.5. The van der Waals surface area contributed by atoms with Crippen molar-refractivity contribution in [2.45, 2.75) is 25.2 Å². The summed E-state index contributed by atoms with van der Waals surface area (Å²) >= 11 is 0. The monoisotopic (exact) mass is 453 g/mol. The summed E-state index contributed by atoms with van der Waals surface area (Å²) in [5.74, 6) is -0.720. The van der Waals surface area contributed by atoms with Crippen LogP contribution in [0, 0.1) is 0 Å². The van der Waals surface area contributed by atoms with E-state index in [4.69, 9.17) is 35.0 Å². The van der Waals surface area contributed by atoms with Crippen molar-refractivity contribution in [1.29, 1.82) is 0 Å². The van der Waals surface area contributed by atoms with Gasteiger partial charge in [0.25, 0.3) is 0 Å². The van der Waals surface area contributed by atoms with Crippen LogP contribution >= 0.6 is 0 Å². The second-order valence-electron chi connectivity index (χ2n) is 7.23. The Bertz CT molecular complexity index is 627. The molecule has 10 nitrogen and oxygen atoms in total. The van der Waals surface area contributed by atoms with Crippen LogP contribution in [0.2, 0.25) is 0 Å². The highest BCUT2D eigenvalue weighted by Gasteiger charge is 2.22. The van der Waals surface area contributed by atoms with E-state index in [-0.39, 0.29) is 23.7 Å². The molecule has 0 radical (unpaired) electrons. The van der Waals surface area contributed by atoms with Crippen LogP contribution in [0.4, 0.5) is 0 Å². The normalized spacial score (nSPS) is 13.6. The van der Waals surface area contributed by atoms with E-state index in [0.29, 0.717) is 17.6 Å². The number of aliphatic hydroxyl groups excluding tert-OH is 5. The van der Waals surface area contributed by atoms with Gasteiger partial charge in [-0.05, 0) is 12.1 Å². The number of para-hydroxylation sites is 1. The van der Waals surface area contributed by atoms with E-state index >= 15 is 0 Å². The minimum atomic E-state index is -1.49. The Kier molecular flexibility index (Phi) is 15.3. The smallest absolute Gasteiger partial charge is 0.342 e. The molecule has 0 spiro atoms. The third-order valence-corrected chi connectivity index (χ3v) is 3.52. The van der Waals surface area contributed by atoms with E-state index in [9.17, 15) is 9.59 Å². The zero-order chi connectivity index (χ0) is 22.6. The second kappa shape index (κ2) is 15.1. The van der Waals surface area contributed by atoms with Crippen LogP contribution in [-0.2, 0) is 9.53 Å². The van der Waals surface area contributed by atoms with Crippen LogP contribution < -0.4 is 17.1 Å². The molecule has 0 saturated carbocycles. The van der Waals surface area contributed by atoms with Gasteiger partial charge in [0.15, 0.2) is 0 Å². The predicted octanol–water partition coefficient (Wildman–Crippen LogP) is -4.47. The molecule has 1 rings (SSSR count). The van der Waals surface area contributed by atoms with E-state index in [1.807, 2.05) is 21.1 Å². The number of benzene rings is 1. The average molecular weight is 454 g/mol. The first kappa shape index (κ1) is 30.4. The van der Waals surface area contributed by atoms with E-state index < -0.39 is 43.5 Å². The summed E-state index contributed by atoms with van der Waals surface area (Å²) in [6, 6.07) is 6.54. The largest absolute Gasteiger partial charge is 1.00 e. The van der Waals surface area contributed by atoms with Gasteiger partial charge in [-0.3, -0.25) is 4.79 Å². The van der Waals surface area contributed by atoms with E-state index in [2.05, 4.69) is 0 Å². The van der Waals surface area contributed by atoms with Crippen molar-refractivity contribution in [2.75, 3.05) is 47.5 Å². The summed E-state index contributed by atoms with van der Waals surface area (Å²) in [4.78, 5) is 22.9. The van der Waals surface area contributed by atoms with Crippen LogP contribution in [0.15, 0.2) is 24.3 Å². The van der Waals surface area contributed by atoms with Gasteiger partial charge >= 0.3 is 11.9 Å². The van der Waals surface area contributed by atoms with Crippen molar-refractivity contribution >= 4 is 11.9 Å². The van der Waals surface area contributed by atoms with Gasteiger partial charge in [0.05, 0.1) is 34.4 Å². The summed E-state index contributed by atoms with van der Waals surface area (Å²) in [6.07, 6.45) is -4.29. The lowest BCUT2D eigenvalue weighted by Gasteiger charge is -2.23. The van der Waals surface area contributed by atoms with E-state index in [1.54, 1.807) is 24.3 Å². The fraction of sp³-hybridized carbons (Fsp3) is 0.579. The Hall–Kier alpha value is -1.79. The number of carbonyl (C=O) groups is 2. The molecule has 0 aliphatic rings. The van der Waals surface area contributed by atoms with Crippen molar-refractivity contribution in [2.24, 2.45) is 0 Å². The molecule has 0 heterocycles. The van der Waals surface area contributed by atoms with Crippen molar-refractivity contribution in [3.05, 3.63) is 29.8 Å². The number of likely N-dealkylation sites (N-methyl/N-ethyl adjacent to an activating group) is 1. The van der Waals surface area contributed by atoms with Gasteiger partial charge in [-0.1, -0.05) is 12.1 Å². The van der Waals surface area contributed by atoms with Crippen molar-refractivity contribution in [3.8, 4) is 5.75 Å². The fourth-order valence-electron chi connectivity index (χ4n) is 1.84. The van der Waals surface area contributed by atoms with Crippen molar-refractivity contribution in [1.82, 2.24) is 0 Å². The molecule has 0 saturated heterocycles. The van der Waals surface area contributed by atoms with Gasteiger partial charge in [0, 0.05) is 6.92 Å². The van der Waals surface area contributed by atoms with Gasteiger partial charge in [-0.2, -0.15) is 0 Å². The lowest BCUT2D eigenvalue weighted by Crippen LogP contribution is -3.00. The van der Waals surface area contributed by atoms with Crippen LogP contribution in [0.25, 0.3) is 0 Å². The summed E-state index contributed by atoms with van der Waals surface area (Å²) in [7, 11) is 6.04. The molecule has 0 bridgehead atoms. The number of hydrogen-bond donors (Lipinski definition) is 5. The molecule has 3 atom stereocenters. The van der Waals surface area contributed by atoms with Gasteiger partial charge < -0.3 is 51.9 Å². The number of quaternary nitrogens is 1. The van der Waals surface area contributed by atoms with E-state index in [1.165, 1.54) is 6.92 Å². The third-order valence-electron chi connectivity index (χ3n) is 3.52. The van der Waals surface area contributed by atoms with Gasteiger partial charge in [-0.15, -0.1) is 0 Å². The lowest BCUT2D eigenvalue weighted by atomic mass is 10.1. The first-order chi connectivity index (χ1) is 13.4. The Balaban J connectivity index is 0. The predicted molar refractivity (Wildman–Crippen MR) is 103 cm³/mol. The number of hydrogen-bond acceptors (Lipinski definition) is 9. The summed E-state index contributed by atoms with van der Waals surface area (Å²) in [5.41, 5.74) is 0.263. The molecule has 174 valence electrons. The van der Waals surface area contributed by atoms with Crippen LogP contribution in [-0.4, -0.2) is 108 Å². The Morgan fingerprint density at radius 2 is 1.50 bits per heavy atom. The number of aliphatic hydroxyl groups is 5. The molecule has 0 unspecified atom stereocenters. The van der Waals surface area contributed by atoms with Crippen LogP contribution in [0.1, 0.15) is 17.3 Å². The Morgan fingerprint density at radius 3 is 1.93 bits per heavy atom. The number of nitrogens with zero attached hydrogens (tertiary/aromatic N) is 1. The lowest BCUT2D eigenvalue weighted by molar-refractivity contribution is -0.870. The number of halogens is 1. The molecule has 0 amide bonds. The molecule has 0 aliphatic carbocycles. The second-order valence-corrected chi connectivity index (χ2v) is 7.23. The number of carbonyl (C=O) groups excluding carboxylic acids is 2. The molecule has 1 aromatic rings. The maximum Gasteiger partial charge on any atom is 0.342 e. The fourth-order valence-corrected chi connectivity index (χ4v) is 1.84. The standard InChI is InChI=1S/C14H20NO4.C5H12O5.ClH/c1-11(16)19-13-8-6-5-7-12(13)14(17)18-10-9-15(2,3)4;6-1-3(8)5(10)4(9)2-7;/h5-8H,9-10H2,1-4H3;3-10H,1-2H2;1H/q+1;;/p-1/t;3-,4+,5+;. The maximum atomic E-state index is 11.9. The first-order valence-corrected chi connectivity index (χ1v) is 8.93. The minimum absolute atomic E-state index is 0. The minimum Gasteiger partial charge on any atom is -1.00 e. The summed E-state index contributed by atoms with van der Waals surface area (Å²) in [5, 5.41) is 42.6. The van der Waals surface area contributed by atoms with Crippen LogP contribution in [0.3, 0.4) is 0 Å². The zero-order valence-electron chi connectivity index (χ0n) is 17.6. The Labute approximate surface area is 182 Å². The Morgan fingerprint density at radius 1 is 1.00 bits per heavy atom. The maximum absolute atomic E-state index is 11.9. The van der Waals surface area contributed by atoms with Gasteiger partial charge in [0.1, 0.15) is 42.8 Å². The highest BCUT2D eigenvalue weighted by Crippen LogP contribution is 2.19. The van der Waals surface area contributed by atoms with Gasteiger partial charge in [0.2, 0.25) is 0 Å². The molecule has 0 aromatic heterocycles. The number of ether oxygens (including phenoxy) is 2. The number of esters is 2. The topological polar surface area (TPSA) is 154 Å². The van der Waals surface area contributed by atoms with Crippen LogP contribution in [0.5, 0.6) is 5.75 Å². The molecule has 0 fully saturated rings. The van der Waals surface area contributed by atoms with E-state index in [0.717, 1.165) is 0 Å². The summed E-state index contributed by atoms with van der Waals surface area (Å²) in [6.45, 7) is 1.04. The molecule has 11 heteroatoms. The van der Waals surface area contributed by atoms with Crippen molar-refractivity contribution < 1.29 is 61.5 Å². The quantitative estimate of drug-likeness (QED) is 0.141. The molecule has 0 aliphatic heterocycles. The first-order valence-electron chi connectivity index (χ1n) is 8.93. The molecule has 5 N–H and O–H groups in total. The molecular formula is C19H32ClNO9. The summed E-state index contributed by atoms with van der Waals surface area (Å²) < 4.78 is 10.9. The highest BCUT2D eigenvalue weighted by molar-refractivity contribution is 5.93.